The fourth-order valence-electron chi connectivity index (χ4n) is 2.82. The van der Waals surface area contributed by atoms with E-state index in [0.29, 0.717) is 23.4 Å². The quantitative estimate of drug-likeness (QED) is 0.667. The molecule has 8 nitrogen and oxygen atoms in total. The van der Waals surface area contributed by atoms with Gasteiger partial charge in [0.25, 0.3) is 0 Å². The molecular weight excluding hydrogens is 308 g/mol. The standard InChI is InChI=1S/C16H18N6O2/c1-22-12-3-2-10(8-13(12)24-16(22)23)19-14-5-7-18-15(21-14)20-11-4-6-17-9-11/h2-3,5,7-8,11,17H,4,6,9H2,1H3,(H2,18,19,20,21). The molecule has 0 amide bonds. The van der Waals surface area contributed by atoms with Crippen LogP contribution < -0.4 is 21.7 Å². The third-order valence-electron chi connectivity index (χ3n) is 4.11. The third-order valence-corrected chi connectivity index (χ3v) is 4.11. The molecule has 0 spiro atoms. The van der Waals surface area contributed by atoms with E-state index in [1.807, 2.05) is 12.1 Å². The van der Waals surface area contributed by atoms with Crippen LogP contribution in [0.2, 0.25) is 0 Å². The Balaban J connectivity index is 1.55. The molecule has 3 aromatic rings. The van der Waals surface area contributed by atoms with Crippen LogP contribution in [0.15, 0.2) is 39.7 Å². The molecule has 1 aliphatic rings. The largest absolute Gasteiger partial charge is 0.419 e. The average Bonchev–Trinajstić information content (AvgIpc) is 3.17. The number of nitrogens with zero attached hydrogens (tertiary/aromatic N) is 3. The van der Waals surface area contributed by atoms with Crippen LogP contribution in [0.25, 0.3) is 11.1 Å². The topological polar surface area (TPSA) is 97.0 Å². The molecule has 4 rings (SSSR count). The molecule has 1 aromatic carbocycles. The molecular formula is C16H18N6O2. The number of hydrogen-bond acceptors (Lipinski definition) is 7. The zero-order valence-corrected chi connectivity index (χ0v) is 13.2. The fourth-order valence-corrected chi connectivity index (χ4v) is 2.82. The van der Waals surface area contributed by atoms with E-state index >= 15 is 0 Å². The molecule has 3 N–H and O–H groups in total. The molecule has 1 unspecified atom stereocenters. The molecule has 0 aliphatic carbocycles. The summed E-state index contributed by atoms with van der Waals surface area (Å²) < 4.78 is 6.68. The highest BCUT2D eigenvalue weighted by molar-refractivity contribution is 5.78. The number of hydrogen-bond donors (Lipinski definition) is 3. The highest BCUT2D eigenvalue weighted by Gasteiger charge is 2.15. The number of anilines is 3. The lowest BCUT2D eigenvalue weighted by Crippen LogP contribution is -2.23. The summed E-state index contributed by atoms with van der Waals surface area (Å²) in [5.41, 5.74) is 2.09. The van der Waals surface area contributed by atoms with Crippen molar-refractivity contribution in [1.29, 1.82) is 0 Å². The Morgan fingerprint density at radius 3 is 3.12 bits per heavy atom. The Morgan fingerprint density at radius 2 is 2.29 bits per heavy atom. The molecule has 0 bridgehead atoms. The second-order valence-corrected chi connectivity index (χ2v) is 5.83. The zero-order chi connectivity index (χ0) is 16.5. The summed E-state index contributed by atoms with van der Waals surface area (Å²) in [6, 6.07) is 7.66. The van der Waals surface area contributed by atoms with Crippen LogP contribution in [0.1, 0.15) is 6.42 Å². The van der Waals surface area contributed by atoms with Gasteiger partial charge >= 0.3 is 5.76 Å². The highest BCUT2D eigenvalue weighted by Crippen LogP contribution is 2.21. The van der Waals surface area contributed by atoms with Crippen molar-refractivity contribution < 1.29 is 4.42 Å². The number of rotatable bonds is 4. The van der Waals surface area contributed by atoms with Crippen molar-refractivity contribution in [1.82, 2.24) is 19.9 Å². The predicted molar refractivity (Wildman–Crippen MR) is 91.7 cm³/mol. The first-order valence-corrected chi connectivity index (χ1v) is 7.86. The van der Waals surface area contributed by atoms with Crippen molar-refractivity contribution in [3.05, 3.63) is 41.0 Å². The van der Waals surface area contributed by atoms with Crippen LogP contribution in [-0.4, -0.2) is 33.7 Å². The summed E-state index contributed by atoms with van der Waals surface area (Å²) in [5, 5.41) is 9.83. The number of oxazole rings is 1. The second kappa shape index (κ2) is 5.97. The minimum absolute atomic E-state index is 0.357. The van der Waals surface area contributed by atoms with Crippen LogP contribution in [0, 0.1) is 0 Å². The average molecular weight is 326 g/mol. The van der Waals surface area contributed by atoms with Gasteiger partial charge in [-0.2, -0.15) is 4.98 Å². The summed E-state index contributed by atoms with van der Waals surface area (Å²) in [6.07, 6.45) is 2.77. The van der Waals surface area contributed by atoms with Crippen LogP contribution in [0.4, 0.5) is 17.5 Å². The van der Waals surface area contributed by atoms with E-state index in [0.717, 1.165) is 30.7 Å². The van der Waals surface area contributed by atoms with E-state index in [2.05, 4.69) is 25.9 Å². The van der Waals surface area contributed by atoms with E-state index in [1.54, 1.807) is 25.4 Å². The van der Waals surface area contributed by atoms with Crippen LogP contribution in [-0.2, 0) is 7.05 Å². The summed E-state index contributed by atoms with van der Waals surface area (Å²) >= 11 is 0. The third kappa shape index (κ3) is 2.83. The Kier molecular flexibility index (Phi) is 3.66. The molecule has 2 aromatic heterocycles. The molecule has 1 saturated heterocycles. The van der Waals surface area contributed by atoms with E-state index in [4.69, 9.17) is 4.42 Å². The lowest BCUT2D eigenvalue weighted by Gasteiger charge is -2.12. The molecule has 124 valence electrons. The van der Waals surface area contributed by atoms with Crippen molar-refractivity contribution in [3.63, 3.8) is 0 Å². The van der Waals surface area contributed by atoms with Crippen LogP contribution in [0.3, 0.4) is 0 Å². The van der Waals surface area contributed by atoms with Crippen molar-refractivity contribution in [2.24, 2.45) is 7.05 Å². The van der Waals surface area contributed by atoms with E-state index in [1.165, 1.54) is 4.57 Å². The summed E-state index contributed by atoms with van der Waals surface area (Å²) in [6.45, 7) is 1.93. The maximum atomic E-state index is 11.6. The zero-order valence-electron chi connectivity index (χ0n) is 13.2. The second-order valence-electron chi connectivity index (χ2n) is 5.83. The lowest BCUT2D eigenvalue weighted by molar-refractivity contribution is 0.528. The SMILES string of the molecule is Cn1c(=O)oc2cc(Nc3ccnc(NC4CCNC4)n3)ccc21. The van der Waals surface area contributed by atoms with Gasteiger partial charge in [-0.05, 0) is 31.2 Å². The maximum absolute atomic E-state index is 11.6. The Bertz CT molecular complexity index is 926. The van der Waals surface area contributed by atoms with Crippen molar-refractivity contribution in [2.45, 2.75) is 12.5 Å². The van der Waals surface area contributed by atoms with Gasteiger partial charge in [-0.3, -0.25) is 4.57 Å². The van der Waals surface area contributed by atoms with Crippen molar-refractivity contribution >= 4 is 28.6 Å². The number of aryl methyl sites for hydroxylation is 1. The van der Waals surface area contributed by atoms with Gasteiger partial charge in [0.15, 0.2) is 5.58 Å². The first kappa shape index (κ1) is 14.7. The highest BCUT2D eigenvalue weighted by atomic mass is 16.4. The maximum Gasteiger partial charge on any atom is 0.419 e. The van der Waals surface area contributed by atoms with Gasteiger partial charge in [-0.1, -0.05) is 0 Å². The van der Waals surface area contributed by atoms with Crippen LogP contribution in [0.5, 0.6) is 0 Å². The molecule has 1 fully saturated rings. The Hall–Kier alpha value is -2.87. The van der Waals surface area contributed by atoms with Gasteiger partial charge in [0.1, 0.15) is 5.82 Å². The molecule has 8 heteroatoms. The number of fused-ring (bicyclic) bond motifs is 1. The first-order valence-electron chi connectivity index (χ1n) is 7.86. The van der Waals surface area contributed by atoms with Gasteiger partial charge in [0.2, 0.25) is 5.95 Å². The fraction of sp³-hybridized carbons (Fsp3) is 0.312. The number of aromatic nitrogens is 3. The normalized spacial score (nSPS) is 17.3. The first-order chi connectivity index (χ1) is 11.7. The number of benzene rings is 1. The molecule has 1 atom stereocenters. The monoisotopic (exact) mass is 326 g/mol. The van der Waals surface area contributed by atoms with Gasteiger partial charge in [-0.15, -0.1) is 0 Å². The smallest absolute Gasteiger partial charge is 0.408 e. The molecule has 1 aliphatic heterocycles. The molecule has 0 saturated carbocycles. The van der Waals surface area contributed by atoms with Gasteiger partial charge in [0, 0.05) is 37.6 Å². The Morgan fingerprint density at radius 1 is 1.38 bits per heavy atom. The molecule has 24 heavy (non-hydrogen) atoms. The van der Waals surface area contributed by atoms with Gasteiger partial charge < -0.3 is 20.4 Å². The van der Waals surface area contributed by atoms with Gasteiger partial charge in [-0.25, -0.2) is 9.78 Å². The Labute approximate surface area is 137 Å². The van der Waals surface area contributed by atoms with Gasteiger partial charge in [0.05, 0.1) is 5.52 Å². The van der Waals surface area contributed by atoms with E-state index < -0.39 is 0 Å². The number of nitrogens with one attached hydrogen (secondary N) is 3. The van der Waals surface area contributed by atoms with Crippen molar-refractivity contribution in [3.8, 4) is 0 Å². The molecule has 3 heterocycles. The minimum Gasteiger partial charge on any atom is -0.408 e. The minimum atomic E-state index is -0.374. The summed E-state index contributed by atoms with van der Waals surface area (Å²) in [4.78, 5) is 20.3. The lowest BCUT2D eigenvalue weighted by atomic mass is 10.3. The predicted octanol–water partition coefficient (Wildman–Crippen LogP) is 1.44. The van der Waals surface area contributed by atoms with Crippen molar-refractivity contribution in [2.75, 3.05) is 23.7 Å². The molecule has 0 radical (unpaired) electrons. The van der Waals surface area contributed by atoms with E-state index in [9.17, 15) is 4.79 Å². The van der Waals surface area contributed by atoms with E-state index in [-0.39, 0.29) is 5.76 Å². The summed E-state index contributed by atoms with van der Waals surface area (Å²) in [7, 11) is 1.68. The van der Waals surface area contributed by atoms with Crippen LogP contribution >= 0.6 is 0 Å². The summed E-state index contributed by atoms with van der Waals surface area (Å²) in [5.74, 6) is 0.901.